The maximum Gasteiger partial charge on any atom is 0.189 e. The van der Waals surface area contributed by atoms with Gasteiger partial charge in [-0.15, -0.1) is 11.3 Å². The lowest BCUT2D eigenvalue weighted by atomic mass is 10.2. The van der Waals surface area contributed by atoms with Crippen LogP contribution in [0.2, 0.25) is 0 Å². The number of hydrogen-bond donors (Lipinski definition) is 1. The lowest BCUT2D eigenvalue weighted by Gasteiger charge is -2.15. The monoisotopic (exact) mass is 304 g/mol. The molecule has 2 rings (SSSR count). The van der Waals surface area contributed by atoms with Gasteiger partial charge in [-0.25, -0.2) is 9.99 Å². The summed E-state index contributed by atoms with van der Waals surface area (Å²) in [5, 5.41) is 12.6. The highest BCUT2D eigenvalue weighted by Gasteiger charge is 2.02. The predicted molar refractivity (Wildman–Crippen MR) is 88.1 cm³/mol. The molecular formula is C14H16N4S2. The number of benzene rings is 1. The van der Waals surface area contributed by atoms with Crippen LogP contribution in [0.4, 0.5) is 0 Å². The molecule has 0 aliphatic carbocycles. The van der Waals surface area contributed by atoms with Gasteiger partial charge in [-0.1, -0.05) is 30.3 Å². The molecule has 0 aliphatic heterocycles. The van der Waals surface area contributed by atoms with E-state index in [-0.39, 0.29) is 0 Å². The molecule has 2 aromatic rings. The van der Waals surface area contributed by atoms with Crippen LogP contribution >= 0.6 is 23.6 Å². The van der Waals surface area contributed by atoms with Gasteiger partial charge >= 0.3 is 0 Å². The van der Waals surface area contributed by atoms with Gasteiger partial charge in [0.25, 0.3) is 0 Å². The molecular weight excluding hydrogens is 288 g/mol. The van der Waals surface area contributed by atoms with E-state index in [0.29, 0.717) is 11.7 Å². The number of thiocarbonyl (C=S) groups is 1. The molecule has 0 saturated heterocycles. The molecule has 1 aromatic carbocycles. The Morgan fingerprint density at radius 2 is 2.20 bits per heavy atom. The molecule has 0 radical (unpaired) electrons. The van der Waals surface area contributed by atoms with Gasteiger partial charge in [-0.05, 0) is 24.7 Å². The first-order valence-electron chi connectivity index (χ1n) is 6.17. The number of aromatic nitrogens is 1. The number of hydrogen-bond acceptors (Lipinski definition) is 4. The van der Waals surface area contributed by atoms with Crippen LogP contribution in [-0.4, -0.2) is 28.4 Å². The summed E-state index contributed by atoms with van der Waals surface area (Å²) >= 11 is 6.88. The summed E-state index contributed by atoms with van der Waals surface area (Å²) in [6.45, 7) is 2.66. The summed E-state index contributed by atoms with van der Waals surface area (Å²) in [7, 11) is 1.82. The molecule has 1 N–H and O–H groups in total. The van der Waals surface area contributed by atoms with Crippen LogP contribution < -0.4 is 5.32 Å². The number of nitrogens with one attached hydrogen (secondary N) is 1. The average Bonchev–Trinajstić information content (AvgIpc) is 2.89. The van der Waals surface area contributed by atoms with E-state index in [9.17, 15) is 0 Å². The van der Waals surface area contributed by atoms with Crippen LogP contribution in [0.15, 0.2) is 40.8 Å². The van der Waals surface area contributed by atoms with E-state index in [1.807, 2.05) is 37.6 Å². The SMILES string of the molecule is Cc1nc(/C=N\N(C)C(=S)NCc2ccccc2)cs1. The van der Waals surface area contributed by atoms with Crippen LogP contribution in [0.25, 0.3) is 0 Å². The molecule has 6 heteroatoms. The summed E-state index contributed by atoms with van der Waals surface area (Å²) in [4.78, 5) is 4.31. The van der Waals surface area contributed by atoms with Gasteiger partial charge in [0, 0.05) is 19.0 Å². The van der Waals surface area contributed by atoms with Crippen molar-refractivity contribution in [3.8, 4) is 0 Å². The normalized spacial score (nSPS) is 10.7. The van der Waals surface area contributed by atoms with Crippen molar-refractivity contribution < 1.29 is 0 Å². The van der Waals surface area contributed by atoms with Gasteiger partial charge in [0.15, 0.2) is 5.11 Å². The number of aryl methyl sites for hydroxylation is 1. The maximum atomic E-state index is 5.28. The highest BCUT2D eigenvalue weighted by Crippen LogP contribution is 2.05. The van der Waals surface area contributed by atoms with Gasteiger partial charge in [0.05, 0.1) is 16.9 Å². The standard InChI is InChI=1S/C14H16N4S2/c1-11-17-13(10-20-11)9-16-18(2)14(19)15-8-12-6-4-3-5-7-12/h3-7,9-10H,8H2,1-2H3,(H,15,19)/b16-9-. The summed E-state index contributed by atoms with van der Waals surface area (Å²) < 4.78 is 0. The first kappa shape index (κ1) is 14.6. The van der Waals surface area contributed by atoms with E-state index in [1.54, 1.807) is 22.6 Å². The summed E-state index contributed by atoms with van der Waals surface area (Å²) in [5.41, 5.74) is 2.03. The van der Waals surface area contributed by atoms with Crippen molar-refractivity contribution >= 4 is 34.9 Å². The number of hydrazone groups is 1. The maximum absolute atomic E-state index is 5.28. The summed E-state index contributed by atoms with van der Waals surface area (Å²) in [6.07, 6.45) is 1.71. The Kier molecular flexibility index (Phi) is 5.20. The number of nitrogens with zero attached hydrogens (tertiary/aromatic N) is 3. The lowest BCUT2D eigenvalue weighted by Crippen LogP contribution is -2.33. The van der Waals surface area contributed by atoms with Crippen LogP contribution in [0.3, 0.4) is 0 Å². The molecule has 0 aliphatic rings. The minimum absolute atomic E-state index is 0.581. The minimum atomic E-state index is 0.581. The van der Waals surface area contributed by atoms with Gasteiger partial charge in [0.1, 0.15) is 0 Å². The van der Waals surface area contributed by atoms with Crippen molar-refractivity contribution in [3.63, 3.8) is 0 Å². The third kappa shape index (κ3) is 4.40. The van der Waals surface area contributed by atoms with Crippen molar-refractivity contribution in [1.82, 2.24) is 15.3 Å². The molecule has 1 heterocycles. The topological polar surface area (TPSA) is 40.5 Å². The Labute approximate surface area is 128 Å². The fourth-order valence-electron chi connectivity index (χ4n) is 1.53. The van der Waals surface area contributed by atoms with E-state index in [0.717, 1.165) is 10.7 Å². The fraction of sp³-hybridized carbons (Fsp3) is 0.214. The molecule has 20 heavy (non-hydrogen) atoms. The predicted octanol–water partition coefficient (Wildman–Crippen LogP) is 2.79. The minimum Gasteiger partial charge on any atom is -0.357 e. The van der Waals surface area contributed by atoms with Crippen LogP contribution in [0, 0.1) is 6.92 Å². The molecule has 0 unspecified atom stereocenters. The Balaban J connectivity index is 1.84. The van der Waals surface area contributed by atoms with Gasteiger partial charge in [0.2, 0.25) is 0 Å². The van der Waals surface area contributed by atoms with Gasteiger partial charge in [-0.3, -0.25) is 0 Å². The van der Waals surface area contributed by atoms with Crippen molar-refractivity contribution in [2.24, 2.45) is 5.10 Å². The van der Waals surface area contributed by atoms with Gasteiger partial charge < -0.3 is 5.32 Å². The Morgan fingerprint density at radius 1 is 1.45 bits per heavy atom. The lowest BCUT2D eigenvalue weighted by molar-refractivity contribution is 0.532. The largest absolute Gasteiger partial charge is 0.357 e. The molecule has 0 saturated carbocycles. The highest BCUT2D eigenvalue weighted by molar-refractivity contribution is 7.80. The number of thiazole rings is 1. The van der Waals surface area contributed by atoms with Crippen molar-refractivity contribution in [2.45, 2.75) is 13.5 Å². The molecule has 0 amide bonds. The molecule has 0 fully saturated rings. The second kappa shape index (κ2) is 7.12. The second-order valence-electron chi connectivity index (χ2n) is 4.20. The van der Waals surface area contributed by atoms with E-state index in [4.69, 9.17) is 12.2 Å². The first-order chi connectivity index (χ1) is 9.65. The third-order valence-electron chi connectivity index (χ3n) is 2.58. The van der Waals surface area contributed by atoms with E-state index in [1.165, 1.54) is 5.56 Å². The highest BCUT2D eigenvalue weighted by atomic mass is 32.1. The van der Waals surface area contributed by atoms with Crippen molar-refractivity contribution in [1.29, 1.82) is 0 Å². The first-order valence-corrected chi connectivity index (χ1v) is 7.45. The zero-order valence-corrected chi connectivity index (χ0v) is 13.0. The Bertz CT molecular complexity index is 592. The van der Waals surface area contributed by atoms with Crippen molar-refractivity contribution in [3.05, 3.63) is 52.0 Å². The van der Waals surface area contributed by atoms with Gasteiger partial charge in [-0.2, -0.15) is 5.10 Å². The molecule has 4 nitrogen and oxygen atoms in total. The molecule has 0 bridgehead atoms. The Morgan fingerprint density at radius 3 is 2.85 bits per heavy atom. The molecule has 0 spiro atoms. The number of rotatable bonds is 4. The molecule has 1 aromatic heterocycles. The van der Waals surface area contributed by atoms with E-state index >= 15 is 0 Å². The Hall–Kier alpha value is -1.79. The van der Waals surface area contributed by atoms with E-state index in [2.05, 4.69) is 27.5 Å². The third-order valence-corrected chi connectivity index (χ3v) is 3.78. The molecule has 104 valence electrons. The second-order valence-corrected chi connectivity index (χ2v) is 5.65. The smallest absolute Gasteiger partial charge is 0.189 e. The summed E-state index contributed by atoms with van der Waals surface area (Å²) in [5.74, 6) is 0. The zero-order chi connectivity index (χ0) is 14.4. The van der Waals surface area contributed by atoms with E-state index < -0.39 is 0 Å². The summed E-state index contributed by atoms with van der Waals surface area (Å²) in [6, 6.07) is 10.1. The van der Waals surface area contributed by atoms with Crippen LogP contribution in [0.1, 0.15) is 16.3 Å². The van der Waals surface area contributed by atoms with Crippen LogP contribution in [-0.2, 0) is 6.54 Å². The van der Waals surface area contributed by atoms with Crippen molar-refractivity contribution in [2.75, 3.05) is 7.05 Å². The average molecular weight is 304 g/mol. The quantitative estimate of drug-likeness (QED) is 0.536. The fourth-order valence-corrected chi connectivity index (χ4v) is 2.21. The molecule has 0 atom stereocenters. The zero-order valence-electron chi connectivity index (χ0n) is 11.4. The van der Waals surface area contributed by atoms with Crippen LogP contribution in [0.5, 0.6) is 0 Å².